The van der Waals surface area contributed by atoms with Crippen molar-refractivity contribution in [2.24, 2.45) is 0 Å². The second-order valence-corrected chi connectivity index (χ2v) is 5.71. The molecule has 108 valence electrons. The van der Waals surface area contributed by atoms with Crippen LogP contribution in [0, 0.1) is 0 Å². The molecule has 0 spiro atoms. The molecule has 0 radical (unpaired) electrons. The van der Waals surface area contributed by atoms with Crippen LogP contribution >= 0.6 is 0 Å². The van der Waals surface area contributed by atoms with Crippen LogP contribution in [0.5, 0.6) is 0 Å². The fraction of sp³-hybridized carbons (Fsp3) is 0.750. The summed E-state index contributed by atoms with van der Waals surface area (Å²) in [7, 11) is 0. The molecule has 0 aliphatic carbocycles. The SMILES string of the molecule is CCCNCc1occc1CN1C(C)CCC1CC. The second-order valence-electron chi connectivity index (χ2n) is 5.71. The van der Waals surface area contributed by atoms with E-state index in [-0.39, 0.29) is 0 Å². The van der Waals surface area contributed by atoms with Crippen molar-refractivity contribution in [1.82, 2.24) is 10.2 Å². The fourth-order valence-corrected chi connectivity index (χ4v) is 3.09. The number of nitrogens with one attached hydrogen (secondary N) is 1. The molecule has 1 fully saturated rings. The third-order valence-electron chi connectivity index (χ3n) is 4.33. The smallest absolute Gasteiger partial charge is 0.122 e. The third-order valence-corrected chi connectivity index (χ3v) is 4.33. The van der Waals surface area contributed by atoms with E-state index >= 15 is 0 Å². The standard InChI is InChI=1S/C16H28N2O/c1-4-9-17-11-16-14(8-10-19-16)12-18-13(3)6-7-15(18)5-2/h8,10,13,15,17H,4-7,9,11-12H2,1-3H3. The Morgan fingerprint density at radius 3 is 2.95 bits per heavy atom. The summed E-state index contributed by atoms with van der Waals surface area (Å²) in [5.74, 6) is 1.11. The molecule has 0 bridgehead atoms. The quantitative estimate of drug-likeness (QED) is 0.764. The zero-order valence-corrected chi connectivity index (χ0v) is 12.6. The molecule has 2 rings (SSSR count). The Kier molecular flexibility index (Phi) is 5.46. The van der Waals surface area contributed by atoms with Crippen LogP contribution in [-0.2, 0) is 13.1 Å². The maximum absolute atomic E-state index is 5.64. The summed E-state index contributed by atoms with van der Waals surface area (Å²) in [4.78, 5) is 2.65. The average molecular weight is 264 g/mol. The van der Waals surface area contributed by atoms with Gasteiger partial charge in [-0.1, -0.05) is 13.8 Å². The molecule has 0 saturated carbocycles. The molecule has 2 heterocycles. The van der Waals surface area contributed by atoms with Gasteiger partial charge in [-0.05, 0) is 45.2 Å². The van der Waals surface area contributed by atoms with Crippen molar-refractivity contribution in [2.75, 3.05) is 6.54 Å². The van der Waals surface area contributed by atoms with E-state index in [0.29, 0.717) is 6.04 Å². The average Bonchev–Trinajstić information content (AvgIpc) is 2.99. The third kappa shape index (κ3) is 3.61. The van der Waals surface area contributed by atoms with Crippen LogP contribution in [0.4, 0.5) is 0 Å². The highest BCUT2D eigenvalue weighted by molar-refractivity contribution is 5.17. The summed E-state index contributed by atoms with van der Waals surface area (Å²) in [6.45, 7) is 9.79. The number of nitrogens with zero attached hydrogens (tertiary/aromatic N) is 1. The highest BCUT2D eigenvalue weighted by Crippen LogP contribution is 2.28. The lowest BCUT2D eigenvalue weighted by Crippen LogP contribution is -2.33. The highest BCUT2D eigenvalue weighted by atomic mass is 16.3. The Morgan fingerprint density at radius 1 is 1.37 bits per heavy atom. The van der Waals surface area contributed by atoms with Crippen molar-refractivity contribution >= 4 is 0 Å². The van der Waals surface area contributed by atoms with Gasteiger partial charge in [0.1, 0.15) is 5.76 Å². The first-order chi connectivity index (χ1) is 9.26. The molecular weight excluding hydrogens is 236 g/mol. The number of likely N-dealkylation sites (tertiary alicyclic amines) is 1. The van der Waals surface area contributed by atoms with Crippen molar-refractivity contribution in [1.29, 1.82) is 0 Å². The molecule has 3 nitrogen and oxygen atoms in total. The van der Waals surface area contributed by atoms with Gasteiger partial charge in [0.25, 0.3) is 0 Å². The van der Waals surface area contributed by atoms with E-state index in [4.69, 9.17) is 4.42 Å². The largest absolute Gasteiger partial charge is 0.468 e. The molecule has 1 aromatic rings. The van der Waals surface area contributed by atoms with E-state index in [0.717, 1.165) is 37.9 Å². The van der Waals surface area contributed by atoms with Gasteiger partial charge in [-0.25, -0.2) is 0 Å². The predicted molar refractivity (Wildman–Crippen MR) is 79.0 cm³/mol. The Morgan fingerprint density at radius 2 is 2.21 bits per heavy atom. The Balaban J connectivity index is 1.96. The van der Waals surface area contributed by atoms with Crippen molar-refractivity contribution in [3.05, 3.63) is 23.7 Å². The minimum absolute atomic E-state index is 0.705. The summed E-state index contributed by atoms with van der Waals surface area (Å²) < 4.78 is 5.64. The lowest BCUT2D eigenvalue weighted by atomic mass is 10.1. The summed E-state index contributed by atoms with van der Waals surface area (Å²) in [5, 5.41) is 3.43. The van der Waals surface area contributed by atoms with E-state index in [1.54, 1.807) is 0 Å². The molecule has 19 heavy (non-hydrogen) atoms. The van der Waals surface area contributed by atoms with E-state index in [2.05, 4.69) is 37.1 Å². The zero-order chi connectivity index (χ0) is 13.7. The topological polar surface area (TPSA) is 28.4 Å². The van der Waals surface area contributed by atoms with Crippen LogP contribution in [0.15, 0.2) is 16.7 Å². The van der Waals surface area contributed by atoms with Crippen LogP contribution < -0.4 is 5.32 Å². The number of furan rings is 1. The minimum Gasteiger partial charge on any atom is -0.468 e. The van der Waals surface area contributed by atoms with Crippen molar-refractivity contribution < 1.29 is 4.42 Å². The molecule has 1 saturated heterocycles. The van der Waals surface area contributed by atoms with Crippen molar-refractivity contribution in [2.45, 2.75) is 71.6 Å². The van der Waals surface area contributed by atoms with Crippen molar-refractivity contribution in [3.63, 3.8) is 0 Å². The van der Waals surface area contributed by atoms with Gasteiger partial charge < -0.3 is 9.73 Å². The summed E-state index contributed by atoms with van der Waals surface area (Å²) in [6, 6.07) is 3.60. The Labute approximate surface area is 117 Å². The molecular formula is C16H28N2O. The maximum Gasteiger partial charge on any atom is 0.122 e. The van der Waals surface area contributed by atoms with Gasteiger partial charge >= 0.3 is 0 Å². The lowest BCUT2D eigenvalue weighted by molar-refractivity contribution is 0.188. The first-order valence-electron chi connectivity index (χ1n) is 7.77. The molecule has 1 aliphatic rings. The summed E-state index contributed by atoms with van der Waals surface area (Å²) >= 11 is 0. The summed E-state index contributed by atoms with van der Waals surface area (Å²) in [5.41, 5.74) is 1.36. The molecule has 1 aromatic heterocycles. The number of hydrogen-bond donors (Lipinski definition) is 1. The molecule has 2 unspecified atom stereocenters. The molecule has 1 aliphatic heterocycles. The van der Waals surface area contributed by atoms with Gasteiger partial charge in [-0.2, -0.15) is 0 Å². The van der Waals surface area contributed by atoms with Crippen LogP contribution in [0.3, 0.4) is 0 Å². The molecule has 3 heteroatoms. The molecule has 1 N–H and O–H groups in total. The first kappa shape index (κ1) is 14.6. The molecule has 0 aromatic carbocycles. The second kappa shape index (κ2) is 7.11. The normalized spacial score (nSPS) is 24.2. The van der Waals surface area contributed by atoms with E-state index in [1.165, 1.54) is 24.8 Å². The fourth-order valence-electron chi connectivity index (χ4n) is 3.09. The number of rotatable bonds is 7. The number of hydrogen-bond acceptors (Lipinski definition) is 3. The van der Waals surface area contributed by atoms with Gasteiger partial charge in [0.05, 0.1) is 12.8 Å². The van der Waals surface area contributed by atoms with E-state index < -0.39 is 0 Å². The van der Waals surface area contributed by atoms with E-state index in [9.17, 15) is 0 Å². The summed E-state index contributed by atoms with van der Waals surface area (Å²) in [6.07, 6.45) is 6.93. The Hall–Kier alpha value is -0.800. The molecule has 2 atom stereocenters. The monoisotopic (exact) mass is 264 g/mol. The van der Waals surface area contributed by atoms with Gasteiger partial charge in [-0.15, -0.1) is 0 Å². The van der Waals surface area contributed by atoms with Gasteiger partial charge in [0, 0.05) is 24.2 Å². The Bertz CT molecular complexity index is 375. The predicted octanol–water partition coefficient (Wildman–Crippen LogP) is 3.54. The highest BCUT2D eigenvalue weighted by Gasteiger charge is 2.29. The van der Waals surface area contributed by atoms with Crippen LogP contribution in [0.25, 0.3) is 0 Å². The maximum atomic E-state index is 5.64. The van der Waals surface area contributed by atoms with Crippen LogP contribution in [0.2, 0.25) is 0 Å². The zero-order valence-electron chi connectivity index (χ0n) is 12.6. The van der Waals surface area contributed by atoms with Gasteiger partial charge in [0.15, 0.2) is 0 Å². The van der Waals surface area contributed by atoms with E-state index in [1.807, 2.05) is 6.26 Å². The molecule has 0 amide bonds. The van der Waals surface area contributed by atoms with Crippen LogP contribution in [-0.4, -0.2) is 23.5 Å². The van der Waals surface area contributed by atoms with Gasteiger partial charge in [-0.3, -0.25) is 4.90 Å². The van der Waals surface area contributed by atoms with Crippen LogP contribution in [0.1, 0.15) is 57.8 Å². The lowest BCUT2D eigenvalue weighted by Gasteiger charge is -2.27. The minimum atomic E-state index is 0.705. The first-order valence-corrected chi connectivity index (χ1v) is 7.77. The van der Waals surface area contributed by atoms with Gasteiger partial charge in [0.2, 0.25) is 0 Å². The van der Waals surface area contributed by atoms with Crippen molar-refractivity contribution in [3.8, 4) is 0 Å².